The van der Waals surface area contributed by atoms with Gasteiger partial charge < -0.3 is 87.6 Å². The first kappa shape index (κ1) is 64.7. The molecular weight excluding hydrogens is 945 g/mol. The van der Waals surface area contributed by atoms with Crippen LogP contribution < -0.4 is 87.6 Å². The van der Waals surface area contributed by atoms with Crippen molar-refractivity contribution in [2.24, 2.45) is 46.2 Å². The lowest BCUT2D eigenvalue weighted by Gasteiger charge is -2.29. The highest BCUT2D eigenvalue weighted by atomic mass is 16.2. The minimum Gasteiger partial charge on any atom is -0.370 e. The zero-order chi connectivity index (χ0) is 55.2. The molecule has 0 aliphatic rings. The van der Waals surface area contributed by atoms with Gasteiger partial charge in [-0.15, -0.1) is 0 Å². The highest BCUT2D eigenvalue weighted by Crippen LogP contribution is 2.11. The Labute approximate surface area is 419 Å². The molecule has 0 heterocycles. The van der Waals surface area contributed by atoms with Crippen LogP contribution in [-0.2, 0) is 52.7 Å². The standard InChI is InChI=1S/C43H80N18O11/c1-21(2)32(61-41(72)33(22(3)4)60-39(70)29(55-24(6)62)15-17-31(46)64)40(71)59-27(12-9-19-52-42(48)49)36(67)54-23(5)35(66)57-28(13-10-20-53-43(50)51)38(69)58-26(11-7-8-18-44)37(68)56-25(34(47)65)14-16-30(45)63/h21-23,25-29,32-33H,7-20,44H2,1-6H3,(H2,45,63)(H2,46,64)(H2,47,65)(H,54,67)(H,55,62)(H,56,68)(H,57,66)(H,58,69)(H,59,71)(H,60,70)(H,61,72)(H4,48,49,52)(H4,50,51,53). The van der Waals surface area contributed by atoms with Crippen LogP contribution in [0.4, 0.5) is 0 Å². The third-order valence-corrected chi connectivity index (χ3v) is 10.8. The lowest BCUT2D eigenvalue weighted by atomic mass is 9.98. The van der Waals surface area contributed by atoms with Crippen LogP contribution in [0.25, 0.3) is 0 Å². The van der Waals surface area contributed by atoms with Crippen molar-refractivity contribution in [2.75, 3.05) is 19.6 Å². The van der Waals surface area contributed by atoms with E-state index in [1.807, 2.05) is 0 Å². The van der Waals surface area contributed by atoms with Crippen molar-refractivity contribution in [3.63, 3.8) is 0 Å². The fourth-order valence-corrected chi connectivity index (χ4v) is 6.78. The van der Waals surface area contributed by atoms with Crippen molar-refractivity contribution in [3.8, 4) is 0 Å². The zero-order valence-electron chi connectivity index (χ0n) is 42.1. The summed E-state index contributed by atoms with van der Waals surface area (Å²) in [4.78, 5) is 143. The molecular formula is C43H80N18O11. The van der Waals surface area contributed by atoms with E-state index in [0.29, 0.717) is 12.8 Å². The van der Waals surface area contributed by atoms with Crippen molar-refractivity contribution in [1.82, 2.24) is 53.2 Å². The van der Waals surface area contributed by atoms with Gasteiger partial charge in [0.25, 0.3) is 0 Å². The van der Waals surface area contributed by atoms with Gasteiger partial charge in [0.15, 0.2) is 11.9 Å². The fraction of sp³-hybridized carbons (Fsp3) is 0.698. The average molecular weight is 1030 g/mol. The van der Waals surface area contributed by atoms with Crippen molar-refractivity contribution in [3.05, 3.63) is 0 Å². The highest BCUT2D eigenvalue weighted by Gasteiger charge is 2.35. The molecule has 0 bridgehead atoms. The Morgan fingerprint density at radius 2 is 0.764 bits per heavy atom. The van der Waals surface area contributed by atoms with E-state index >= 15 is 0 Å². The molecule has 29 heteroatoms. The van der Waals surface area contributed by atoms with Crippen molar-refractivity contribution < 1.29 is 52.7 Å². The van der Waals surface area contributed by atoms with Gasteiger partial charge in [-0.1, -0.05) is 27.7 Å². The summed E-state index contributed by atoms with van der Waals surface area (Å²) in [6.45, 7) is 9.41. The number of carbonyl (C=O) groups excluding carboxylic acids is 11. The van der Waals surface area contributed by atoms with Crippen LogP contribution >= 0.6 is 0 Å². The molecule has 0 aromatic carbocycles. The normalized spacial score (nSPS) is 14.2. The predicted molar refractivity (Wildman–Crippen MR) is 264 cm³/mol. The summed E-state index contributed by atoms with van der Waals surface area (Å²) in [6.07, 6.45) is 0.159. The minimum absolute atomic E-state index is 0.0421. The van der Waals surface area contributed by atoms with Crippen LogP contribution in [0.2, 0.25) is 0 Å². The summed E-state index contributed by atoms with van der Waals surface area (Å²) in [5.41, 5.74) is 32.3. The predicted octanol–water partition coefficient (Wildman–Crippen LogP) is -6.11. The molecule has 24 N–H and O–H groups in total. The molecule has 0 aromatic rings. The van der Waals surface area contributed by atoms with E-state index in [9.17, 15) is 52.7 Å². The molecule has 0 radical (unpaired) electrons. The molecule has 0 spiro atoms. The molecule has 0 aliphatic heterocycles. The molecule has 0 aromatic heterocycles. The van der Waals surface area contributed by atoms with Crippen LogP contribution in [0.15, 0.2) is 0 Å². The molecule has 0 saturated carbocycles. The first-order valence-electron chi connectivity index (χ1n) is 23.7. The molecule has 0 rings (SSSR count). The highest BCUT2D eigenvalue weighted by molar-refractivity contribution is 5.98. The average Bonchev–Trinajstić information content (AvgIpc) is 3.27. The Morgan fingerprint density at radius 1 is 0.417 bits per heavy atom. The largest absolute Gasteiger partial charge is 0.370 e. The SMILES string of the molecule is CC(=O)NC(CCC(N)=O)C(=O)NC(C(=O)NC(C(=O)NC(CCCNC(=N)N)C(=O)NC(C)C(=O)NC(CCCNC(=N)N)C(=O)NC(CCCCN)C(=O)NC(CCC(N)=O)C(N)=O)C(C)C)C(C)C. The lowest BCUT2D eigenvalue weighted by molar-refractivity contribution is -0.136. The van der Waals surface area contributed by atoms with Crippen LogP contribution in [0, 0.1) is 22.7 Å². The van der Waals surface area contributed by atoms with Crippen molar-refractivity contribution >= 4 is 76.9 Å². The number of hydrogen-bond acceptors (Lipinski definition) is 14. The number of rotatable bonds is 36. The second-order valence-electron chi connectivity index (χ2n) is 17.9. The molecule has 11 amide bonds. The lowest BCUT2D eigenvalue weighted by Crippen LogP contribution is -2.61. The Hall–Kier alpha value is -7.33. The van der Waals surface area contributed by atoms with Gasteiger partial charge in [0.1, 0.15) is 48.3 Å². The van der Waals surface area contributed by atoms with Gasteiger partial charge in [-0.2, -0.15) is 0 Å². The molecule has 408 valence electrons. The molecule has 0 aliphatic carbocycles. The van der Waals surface area contributed by atoms with E-state index in [0.717, 1.165) is 0 Å². The van der Waals surface area contributed by atoms with Gasteiger partial charge in [-0.3, -0.25) is 63.6 Å². The van der Waals surface area contributed by atoms with Crippen LogP contribution in [-0.4, -0.2) is 145 Å². The van der Waals surface area contributed by atoms with Crippen molar-refractivity contribution in [2.45, 2.75) is 161 Å². The van der Waals surface area contributed by atoms with Gasteiger partial charge in [0.2, 0.25) is 65.0 Å². The monoisotopic (exact) mass is 1020 g/mol. The smallest absolute Gasteiger partial charge is 0.243 e. The summed E-state index contributed by atoms with van der Waals surface area (Å²) >= 11 is 0. The summed E-state index contributed by atoms with van der Waals surface area (Å²) in [5.74, 6) is -10.6. The number of guanidine groups is 2. The van der Waals surface area contributed by atoms with Crippen LogP contribution in [0.3, 0.4) is 0 Å². The van der Waals surface area contributed by atoms with Gasteiger partial charge in [-0.05, 0) is 83.1 Å². The van der Waals surface area contributed by atoms with Gasteiger partial charge in [-0.25, -0.2) is 0 Å². The van der Waals surface area contributed by atoms with Gasteiger partial charge in [0.05, 0.1) is 0 Å². The van der Waals surface area contributed by atoms with Gasteiger partial charge >= 0.3 is 0 Å². The van der Waals surface area contributed by atoms with E-state index in [1.54, 1.807) is 27.7 Å². The quantitative estimate of drug-likeness (QED) is 0.0158. The fourth-order valence-electron chi connectivity index (χ4n) is 6.78. The first-order valence-corrected chi connectivity index (χ1v) is 23.7. The minimum atomic E-state index is -1.37. The van der Waals surface area contributed by atoms with E-state index < -0.39 is 125 Å². The molecule has 8 atom stereocenters. The molecule has 29 nitrogen and oxygen atoms in total. The van der Waals surface area contributed by atoms with Crippen LogP contribution in [0.5, 0.6) is 0 Å². The van der Waals surface area contributed by atoms with E-state index in [2.05, 4.69) is 53.2 Å². The number of unbranched alkanes of at least 4 members (excludes halogenated alkanes) is 1. The second-order valence-corrected chi connectivity index (χ2v) is 17.9. The maximum Gasteiger partial charge on any atom is 0.243 e. The molecule has 0 fully saturated rings. The molecule has 0 saturated heterocycles. The third-order valence-electron chi connectivity index (χ3n) is 10.8. The maximum atomic E-state index is 14.0. The summed E-state index contributed by atoms with van der Waals surface area (Å²) < 4.78 is 0. The number of nitrogens with one attached hydrogen (secondary N) is 12. The van der Waals surface area contributed by atoms with Crippen LogP contribution in [0.1, 0.15) is 112 Å². The summed E-state index contributed by atoms with van der Waals surface area (Å²) in [7, 11) is 0. The summed E-state index contributed by atoms with van der Waals surface area (Å²) in [6, 6.07) is -10.4. The number of carbonyl (C=O) groups is 11. The third kappa shape index (κ3) is 27.2. The topological polar surface area (TPSA) is 512 Å². The second kappa shape index (κ2) is 34.1. The maximum absolute atomic E-state index is 14.0. The Bertz CT molecular complexity index is 1900. The Morgan fingerprint density at radius 3 is 1.17 bits per heavy atom. The zero-order valence-corrected chi connectivity index (χ0v) is 42.1. The first-order chi connectivity index (χ1) is 33.6. The van der Waals surface area contributed by atoms with E-state index in [4.69, 9.17) is 45.2 Å². The number of hydrogen-bond donors (Lipinski definition) is 18. The molecule has 8 unspecified atom stereocenters. The van der Waals surface area contributed by atoms with Gasteiger partial charge in [0, 0.05) is 32.9 Å². The summed E-state index contributed by atoms with van der Waals surface area (Å²) in [5, 5.41) is 40.4. The number of primary amides is 3. The molecule has 72 heavy (non-hydrogen) atoms. The number of nitrogens with two attached hydrogens (primary N) is 6. The Kier molecular flexibility index (Phi) is 30.6. The Balaban J connectivity index is 6.54. The van der Waals surface area contributed by atoms with E-state index in [-0.39, 0.29) is 89.3 Å². The van der Waals surface area contributed by atoms with E-state index in [1.165, 1.54) is 13.8 Å². The number of amides is 11. The van der Waals surface area contributed by atoms with Crippen molar-refractivity contribution in [1.29, 1.82) is 10.8 Å².